The van der Waals surface area contributed by atoms with Gasteiger partial charge in [-0.15, -0.1) is 0 Å². The number of para-hydroxylation sites is 1. The fourth-order valence-corrected chi connectivity index (χ4v) is 4.89. The van der Waals surface area contributed by atoms with E-state index in [-0.39, 0.29) is 28.2 Å². The van der Waals surface area contributed by atoms with E-state index in [1.165, 1.54) is 23.5 Å². The summed E-state index contributed by atoms with van der Waals surface area (Å²) in [6, 6.07) is 13.2. The lowest BCUT2D eigenvalue weighted by Gasteiger charge is -2.23. The zero-order valence-corrected chi connectivity index (χ0v) is 18.7. The van der Waals surface area contributed by atoms with Crippen LogP contribution in [0.25, 0.3) is 0 Å². The molecule has 1 aliphatic rings. The SMILES string of the molecule is CN1CCCN(C(=O)c2ccc(Cl)c(S(=O)(=O)N(C)c3ccccc3)c2)CC1.[Cl-]. The molecule has 0 aliphatic carbocycles. The number of amides is 1. The third-order valence-corrected chi connectivity index (χ3v) is 7.21. The average molecular weight is 457 g/mol. The molecule has 2 aromatic carbocycles. The Morgan fingerprint density at radius 2 is 1.72 bits per heavy atom. The van der Waals surface area contributed by atoms with Crippen LogP contribution in [0, 0.1) is 0 Å². The van der Waals surface area contributed by atoms with Crippen molar-refractivity contribution < 1.29 is 25.6 Å². The van der Waals surface area contributed by atoms with Crippen LogP contribution >= 0.6 is 11.6 Å². The van der Waals surface area contributed by atoms with E-state index in [1.54, 1.807) is 35.2 Å². The Balaban J connectivity index is 0.00000300. The first kappa shape index (κ1) is 23.5. The standard InChI is InChI=1S/C20H24ClN3O3S.ClH/c1-22-11-6-12-24(14-13-22)20(25)16-9-10-18(21)19(15-16)28(26,27)23(2)17-7-4-3-5-8-17;/h3-5,7-10,15H,6,11-14H2,1-2H3;1H/p-1. The number of hydrogen-bond acceptors (Lipinski definition) is 4. The maximum Gasteiger partial charge on any atom is 0.265 e. The molecule has 1 saturated heterocycles. The zero-order valence-electron chi connectivity index (χ0n) is 16.4. The molecule has 9 heteroatoms. The number of sulfonamides is 1. The second kappa shape index (κ2) is 9.80. The molecule has 0 radical (unpaired) electrons. The van der Waals surface area contributed by atoms with Gasteiger partial charge in [-0.3, -0.25) is 9.10 Å². The lowest BCUT2D eigenvalue weighted by atomic mass is 10.2. The van der Waals surface area contributed by atoms with E-state index >= 15 is 0 Å². The van der Waals surface area contributed by atoms with E-state index in [4.69, 9.17) is 11.6 Å². The van der Waals surface area contributed by atoms with Gasteiger partial charge in [-0.2, -0.15) is 0 Å². The maximum absolute atomic E-state index is 13.1. The van der Waals surface area contributed by atoms with Crippen molar-refractivity contribution in [2.75, 3.05) is 44.6 Å². The molecule has 0 atom stereocenters. The number of anilines is 1. The molecule has 2 aromatic rings. The Kier molecular flexibility index (Phi) is 7.94. The van der Waals surface area contributed by atoms with E-state index in [1.807, 2.05) is 13.1 Å². The first-order chi connectivity index (χ1) is 13.3. The molecule has 1 aliphatic heterocycles. The molecule has 3 rings (SSSR count). The summed E-state index contributed by atoms with van der Waals surface area (Å²) in [6.45, 7) is 2.99. The van der Waals surface area contributed by atoms with Crippen molar-refractivity contribution in [3.63, 3.8) is 0 Å². The van der Waals surface area contributed by atoms with Gasteiger partial charge in [0.2, 0.25) is 0 Å². The van der Waals surface area contributed by atoms with Gasteiger partial charge in [-0.1, -0.05) is 29.8 Å². The third-order valence-electron chi connectivity index (χ3n) is 4.94. The summed E-state index contributed by atoms with van der Waals surface area (Å²) in [6.07, 6.45) is 0.887. The fraction of sp³-hybridized carbons (Fsp3) is 0.350. The minimum Gasteiger partial charge on any atom is -1.00 e. The predicted molar refractivity (Wildman–Crippen MR) is 112 cm³/mol. The van der Waals surface area contributed by atoms with Crippen molar-refractivity contribution in [2.24, 2.45) is 0 Å². The predicted octanol–water partition coefficient (Wildman–Crippen LogP) is -0.0532. The van der Waals surface area contributed by atoms with Crippen LogP contribution in [0.5, 0.6) is 0 Å². The van der Waals surface area contributed by atoms with Gasteiger partial charge in [0.1, 0.15) is 4.90 Å². The van der Waals surface area contributed by atoms with Crippen LogP contribution in [-0.4, -0.2) is 64.4 Å². The third kappa shape index (κ3) is 5.22. The van der Waals surface area contributed by atoms with Crippen LogP contribution in [0.3, 0.4) is 0 Å². The van der Waals surface area contributed by atoms with Crippen molar-refractivity contribution in [1.29, 1.82) is 0 Å². The van der Waals surface area contributed by atoms with Gasteiger partial charge >= 0.3 is 0 Å². The Labute approximate surface area is 183 Å². The van der Waals surface area contributed by atoms with Gasteiger partial charge in [-0.05, 0) is 50.3 Å². The Morgan fingerprint density at radius 1 is 1.03 bits per heavy atom. The molecule has 29 heavy (non-hydrogen) atoms. The highest BCUT2D eigenvalue weighted by molar-refractivity contribution is 7.93. The number of nitrogens with zero attached hydrogens (tertiary/aromatic N) is 3. The monoisotopic (exact) mass is 456 g/mol. The number of carbonyl (C=O) groups excluding carboxylic acids is 1. The second-order valence-corrected chi connectivity index (χ2v) is 9.25. The van der Waals surface area contributed by atoms with Crippen LogP contribution < -0.4 is 16.7 Å². The van der Waals surface area contributed by atoms with E-state index in [9.17, 15) is 13.2 Å². The molecule has 1 amide bonds. The van der Waals surface area contributed by atoms with Crippen LogP contribution in [0.2, 0.25) is 5.02 Å². The summed E-state index contributed by atoms with van der Waals surface area (Å²) in [5.74, 6) is -0.175. The number of carbonyl (C=O) groups is 1. The smallest absolute Gasteiger partial charge is 0.265 e. The summed E-state index contributed by atoms with van der Waals surface area (Å²) in [4.78, 5) is 16.8. The van der Waals surface area contributed by atoms with E-state index < -0.39 is 10.0 Å². The second-order valence-electron chi connectivity index (χ2n) is 6.90. The molecule has 0 N–H and O–H groups in total. The van der Waals surface area contributed by atoms with Gasteiger partial charge in [0.25, 0.3) is 15.9 Å². The number of benzene rings is 2. The number of halogens is 2. The highest BCUT2D eigenvalue weighted by atomic mass is 35.5. The molecule has 1 heterocycles. The lowest BCUT2D eigenvalue weighted by Crippen LogP contribution is -3.00. The van der Waals surface area contributed by atoms with Crippen molar-refractivity contribution in [3.8, 4) is 0 Å². The van der Waals surface area contributed by atoms with Crippen molar-refractivity contribution >= 4 is 33.2 Å². The highest BCUT2D eigenvalue weighted by Crippen LogP contribution is 2.28. The van der Waals surface area contributed by atoms with Crippen LogP contribution in [-0.2, 0) is 10.0 Å². The molecule has 158 valence electrons. The van der Waals surface area contributed by atoms with Gasteiger partial charge in [0, 0.05) is 32.2 Å². The Bertz CT molecular complexity index is 955. The molecule has 1 fully saturated rings. The van der Waals surface area contributed by atoms with Gasteiger partial charge in [-0.25, -0.2) is 8.42 Å². The highest BCUT2D eigenvalue weighted by Gasteiger charge is 2.27. The van der Waals surface area contributed by atoms with Gasteiger partial charge < -0.3 is 22.2 Å². The molecule has 6 nitrogen and oxygen atoms in total. The summed E-state index contributed by atoms with van der Waals surface area (Å²) in [5.41, 5.74) is 0.847. The largest absolute Gasteiger partial charge is 1.00 e. The first-order valence-corrected chi connectivity index (χ1v) is 10.9. The number of hydrogen-bond donors (Lipinski definition) is 0. The Hall–Kier alpha value is -1.80. The minimum absolute atomic E-state index is 0. The van der Waals surface area contributed by atoms with Crippen molar-refractivity contribution in [1.82, 2.24) is 9.80 Å². The quantitative estimate of drug-likeness (QED) is 0.646. The van der Waals surface area contributed by atoms with Gasteiger partial charge in [0.05, 0.1) is 10.7 Å². The number of rotatable bonds is 4. The summed E-state index contributed by atoms with van der Waals surface area (Å²) < 4.78 is 27.4. The molecule has 0 spiro atoms. The first-order valence-electron chi connectivity index (χ1n) is 9.12. The van der Waals surface area contributed by atoms with E-state index in [2.05, 4.69) is 4.90 Å². The average Bonchev–Trinajstić information content (AvgIpc) is 2.92. The summed E-state index contributed by atoms with van der Waals surface area (Å²) in [7, 11) is -0.403. The molecule has 0 unspecified atom stereocenters. The fourth-order valence-electron chi connectivity index (χ4n) is 3.19. The lowest BCUT2D eigenvalue weighted by molar-refractivity contribution is -0.0000177. The summed E-state index contributed by atoms with van der Waals surface area (Å²) in [5, 5.41) is 0.0925. The normalized spacial score (nSPS) is 15.3. The van der Waals surface area contributed by atoms with Crippen molar-refractivity contribution in [2.45, 2.75) is 11.3 Å². The zero-order chi connectivity index (χ0) is 20.3. The van der Waals surface area contributed by atoms with Crippen molar-refractivity contribution in [3.05, 3.63) is 59.1 Å². The van der Waals surface area contributed by atoms with E-state index in [0.29, 0.717) is 24.3 Å². The van der Waals surface area contributed by atoms with E-state index in [0.717, 1.165) is 19.5 Å². The minimum atomic E-state index is -3.90. The molecular formula is C20H24Cl2N3O3S-. The van der Waals surface area contributed by atoms with Crippen LogP contribution in [0.15, 0.2) is 53.4 Å². The molecule has 0 saturated carbocycles. The molecular weight excluding hydrogens is 433 g/mol. The molecule has 0 aromatic heterocycles. The topological polar surface area (TPSA) is 60.9 Å². The van der Waals surface area contributed by atoms with Crippen LogP contribution in [0.1, 0.15) is 16.8 Å². The van der Waals surface area contributed by atoms with Gasteiger partial charge in [0.15, 0.2) is 0 Å². The Morgan fingerprint density at radius 3 is 2.41 bits per heavy atom. The summed E-state index contributed by atoms with van der Waals surface area (Å²) >= 11 is 6.21. The van der Waals surface area contributed by atoms with Crippen LogP contribution in [0.4, 0.5) is 5.69 Å². The number of likely N-dealkylation sites (N-methyl/N-ethyl adjacent to an activating group) is 1. The maximum atomic E-state index is 13.1. The molecule has 0 bridgehead atoms.